The summed E-state index contributed by atoms with van der Waals surface area (Å²) in [4.78, 5) is 15.9. The number of amides is 1. The van der Waals surface area contributed by atoms with E-state index in [1.165, 1.54) is 6.20 Å². The Labute approximate surface area is 101 Å². The smallest absolute Gasteiger partial charge is 0.255 e. The molecule has 6 heteroatoms. The number of hydrogen-bond acceptors (Lipinski definition) is 5. The number of nitrogens with zero attached hydrogens (tertiary/aromatic N) is 1. The Hall–Kier alpha value is -1.66. The molecule has 0 radical (unpaired) electrons. The maximum Gasteiger partial charge on any atom is 0.255 e. The van der Waals surface area contributed by atoms with Crippen LogP contribution in [-0.2, 0) is 4.74 Å². The number of nitrogen functional groups attached to an aromatic ring is 1. The first-order valence-electron chi connectivity index (χ1n) is 5.43. The predicted octanol–water partition coefficient (Wildman–Crippen LogP) is 0.522. The van der Waals surface area contributed by atoms with Gasteiger partial charge in [0.05, 0.1) is 23.9 Å². The van der Waals surface area contributed by atoms with Crippen LogP contribution in [-0.4, -0.2) is 30.6 Å². The molecule has 0 aromatic carbocycles. The van der Waals surface area contributed by atoms with Crippen molar-refractivity contribution in [3.8, 4) is 0 Å². The fourth-order valence-electron chi connectivity index (χ4n) is 1.43. The van der Waals surface area contributed by atoms with Crippen LogP contribution < -0.4 is 16.6 Å². The molecule has 1 unspecified atom stereocenters. The van der Waals surface area contributed by atoms with Gasteiger partial charge in [0.15, 0.2) is 0 Å². The summed E-state index contributed by atoms with van der Waals surface area (Å²) in [5, 5.41) is 2.86. The SMILES string of the molecule is CCC(COC)NC(=O)c1cnccc1NN. The number of carbonyl (C=O) groups excluding carboxylic acids is 1. The molecule has 0 spiro atoms. The van der Waals surface area contributed by atoms with Gasteiger partial charge in [-0.3, -0.25) is 15.6 Å². The minimum atomic E-state index is -0.213. The van der Waals surface area contributed by atoms with E-state index >= 15 is 0 Å². The van der Waals surface area contributed by atoms with Crippen LogP contribution in [0.2, 0.25) is 0 Å². The van der Waals surface area contributed by atoms with Crippen LogP contribution in [0.4, 0.5) is 5.69 Å². The maximum absolute atomic E-state index is 12.0. The van der Waals surface area contributed by atoms with Gasteiger partial charge < -0.3 is 15.5 Å². The number of hydrogen-bond donors (Lipinski definition) is 3. The lowest BCUT2D eigenvalue weighted by molar-refractivity contribution is 0.0895. The number of nitrogens with two attached hydrogens (primary N) is 1. The van der Waals surface area contributed by atoms with Crippen molar-refractivity contribution in [3.63, 3.8) is 0 Å². The number of ether oxygens (including phenoxy) is 1. The molecule has 17 heavy (non-hydrogen) atoms. The first-order valence-corrected chi connectivity index (χ1v) is 5.43. The average Bonchev–Trinajstić information content (AvgIpc) is 2.38. The third-order valence-electron chi connectivity index (χ3n) is 2.42. The number of pyridine rings is 1. The van der Waals surface area contributed by atoms with Gasteiger partial charge in [0, 0.05) is 19.5 Å². The lowest BCUT2D eigenvalue weighted by Gasteiger charge is -2.16. The van der Waals surface area contributed by atoms with Crippen molar-refractivity contribution in [1.82, 2.24) is 10.3 Å². The van der Waals surface area contributed by atoms with Gasteiger partial charge in [-0.15, -0.1) is 0 Å². The van der Waals surface area contributed by atoms with Crippen LogP contribution in [0, 0.1) is 0 Å². The molecule has 0 bridgehead atoms. The summed E-state index contributed by atoms with van der Waals surface area (Å²) in [6, 6.07) is 1.63. The summed E-state index contributed by atoms with van der Waals surface area (Å²) in [5.41, 5.74) is 3.43. The van der Waals surface area contributed by atoms with E-state index in [0.29, 0.717) is 17.9 Å². The van der Waals surface area contributed by atoms with E-state index in [1.807, 2.05) is 6.92 Å². The van der Waals surface area contributed by atoms with Crippen LogP contribution in [0.5, 0.6) is 0 Å². The van der Waals surface area contributed by atoms with Crippen molar-refractivity contribution in [2.24, 2.45) is 5.84 Å². The summed E-state index contributed by atoms with van der Waals surface area (Å²) in [7, 11) is 1.60. The Kier molecular flexibility index (Phi) is 5.38. The Balaban J connectivity index is 2.75. The van der Waals surface area contributed by atoms with Gasteiger partial charge >= 0.3 is 0 Å². The van der Waals surface area contributed by atoms with Crippen molar-refractivity contribution >= 4 is 11.6 Å². The highest BCUT2D eigenvalue weighted by Crippen LogP contribution is 2.11. The van der Waals surface area contributed by atoms with Crippen LogP contribution in [0.1, 0.15) is 23.7 Å². The summed E-state index contributed by atoms with van der Waals surface area (Å²) in [6.45, 7) is 2.46. The Bertz CT molecular complexity index is 370. The highest BCUT2D eigenvalue weighted by Gasteiger charge is 2.14. The van der Waals surface area contributed by atoms with E-state index in [-0.39, 0.29) is 11.9 Å². The third kappa shape index (κ3) is 3.69. The van der Waals surface area contributed by atoms with Gasteiger partial charge in [-0.05, 0) is 12.5 Å². The molecule has 0 aliphatic carbocycles. The summed E-state index contributed by atoms with van der Waals surface area (Å²) >= 11 is 0. The van der Waals surface area contributed by atoms with Crippen LogP contribution in [0.25, 0.3) is 0 Å². The molecular formula is C11H18N4O2. The summed E-state index contributed by atoms with van der Waals surface area (Å²) in [6.07, 6.45) is 3.84. The number of aromatic nitrogens is 1. The number of nitrogens with one attached hydrogen (secondary N) is 2. The minimum Gasteiger partial charge on any atom is -0.383 e. The third-order valence-corrected chi connectivity index (χ3v) is 2.42. The first kappa shape index (κ1) is 13.4. The average molecular weight is 238 g/mol. The molecule has 1 aromatic rings. The summed E-state index contributed by atoms with van der Waals surface area (Å²) < 4.78 is 5.02. The zero-order valence-corrected chi connectivity index (χ0v) is 10.1. The number of carbonyl (C=O) groups is 1. The largest absolute Gasteiger partial charge is 0.383 e. The molecule has 6 nitrogen and oxygen atoms in total. The van der Waals surface area contributed by atoms with Crippen molar-refractivity contribution in [1.29, 1.82) is 0 Å². The van der Waals surface area contributed by atoms with Gasteiger partial charge in [0.1, 0.15) is 0 Å². The lowest BCUT2D eigenvalue weighted by Crippen LogP contribution is -2.38. The number of hydrazine groups is 1. The molecule has 4 N–H and O–H groups in total. The number of rotatable bonds is 6. The predicted molar refractivity (Wildman–Crippen MR) is 65.5 cm³/mol. The second kappa shape index (κ2) is 6.82. The standard InChI is InChI=1S/C11H18N4O2/c1-3-8(7-17-2)14-11(16)9-6-13-5-4-10(9)15-12/h4-6,8H,3,7,12H2,1-2H3,(H,13,15)(H,14,16). The zero-order chi connectivity index (χ0) is 12.7. The monoisotopic (exact) mass is 238 g/mol. The highest BCUT2D eigenvalue weighted by molar-refractivity contribution is 5.99. The molecule has 1 rings (SSSR count). The Morgan fingerprint density at radius 2 is 2.41 bits per heavy atom. The normalized spacial score (nSPS) is 11.9. The fraction of sp³-hybridized carbons (Fsp3) is 0.455. The molecular weight excluding hydrogens is 220 g/mol. The van der Waals surface area contributed by atoms with Crippen molar-refractivity contribution in [2.45, 2.75) is 19.4 Å². The molecule has 1 atom stereocenters. The maximum atomic E-state index is 12.0. The lowest BCUT2D eigenvalue weighted by atomic mass is 10.2. The first-order chi connectivity index (χ1) is 8.22. The number of methoxy groups -OCH3 is 1. The molecule has 1 heterocycles. The van der Waals surface area contributed by atoms with Crippen molar-refractivity contribution in [2.75, 3.05) is 19.1 Å². The van der Waals surface area contributed by atoms with Crippen molar-refractivity contribution < 1.29 is 9.53 Å². The second-order valence-electron chi connectivity index (χ2n) is 3.60. The van der Waals surface area contributed by atoms with Crippen LogP contribution >= 0.6 is 0 Å². The minimum absolute atomic E-state index is 0.0154. The molecule has 0 saturated heterocycles. The Morgan fingerprint density at radius 3 is 3.00 bits per heavy atom. The van der Waals surface area contributed by atoms with Crippen molar-refractivity contribution in [3.05, 3.63) is 24.0 Å². The highest BCUT2D eigenvalue weighted by atomic mass is 16.5. The van der Waals surface area contributed by atoms with Gasteiger partial charge in [0.2, 0.25) is 0 Å². The second-order valence-corrected chi connectivity index (χ2v) is 3.60. The summed E-state index contributed by atoms with van der Waals surface area (Å²) in [5.74, 6) is 5.11. The van der Waals surface area contributed by atoms with E-state index in [0.717, 1.165) is 6.42 Å². The van der Waals surface area contributed by atoms with E-state index in [1.54, 1.807) is 19.4 Å². The molecule has 0 saturated carbocycles. The van der Waals surface area contributed by atoms with E-state index in [9.17, 15) is 4.79 Å². The van der Waals surface area contributed by atoms with Gasteiger partial charge in [0.25, 0.3) is 5.91 Å². The molecule has 1 aromatic heterocycles. The number of anilines is 1. The van der Waals surface area contributed by atoms with E-state index in [4.69, 9.17) is 10.6 Å². The Morgan fingerprint density at radius 1 is 1.65 bits per heavy atom. The van der Waals surface area contributed by atoms with Crippen LogP contribution in [0.15, 0.2) is 18.5 Å². The molecule has 94 valence electrons. The molecule has 0 aliphatic rings. The molecule has 0 aliphatic heterocycles. The molecule has 1 amide bonds. The van der Waals surface area contributed by atoms with E-state index in [2.05, 4.69) is 15.7 Å². The van der Waals surface area contributed by atoms with Crippen LogP contribution in [0.3, 0.4) is 0 Å². The van der Waals surface area contributed by atoms with E-state index < -0.39 is 0 Å². The van der Waals surface area contributed by atoms with Gasteiger partial charge in [-0.2, -0.15) is 0 Å². The topological polar surface area (TPSA) is 89.3 Å². The quantitative estimate of drug-likeness (QED) is 0.496. The zero-order valence-electron chi connectivity index (χ0n) is 10.1. The fourth-order valence-corrected chi connectivity index (χ4v) is 1.43. The van der Waals surface area contributed by atoms with Gasteiger partial charge in [-0.1, -0.05) is 6.92 Å². The molecule has 0 fully saturated rings. The van der Waals surface area contributed by atoms with Gasteiger partial charge in [-0.25, -0.2) is 0 Å².